The minimum absolute atomic E-state index is 0.133. The van der Waals surface area contributed by atoms with Crippen molar-refractivity contribution < 1.29 is 13.7 Å². The number of aromatic nitrogens is 2. The zero-order valence-corrected chi connectivity index (χ0v) is 18.3. The SMILES string of the molecule is NS(=O)(=NC(=O)Nc1c2c(cc3c1CCC3)CCC2)c1cnn2c1OCC1(CCC1)C2. The van der Waals surface area contributed by atoms with Gasteiger partial charge < -0.3 is 10.1 Å². The zero-order valence-electron chi connectivity index (χ0n) is 17.5. The molecule has 1 aromatic carbocycles. The first-order valence-corrected chi connectivity index (χ1v) is 12.7. The van der Waals surface area contributed by atoms with Gasteiger partial charge in [-0.05, 0) is 73.6 Å². The molecule has 1 saturated carbocycles. The van der Waals surface area contributed by atoms with Crippen LogP contribution in [0.15, 0.2) is 21.5 Å². The molecule has 0 saturated heterocycles. The highest BCUT2D eigenvalue weighted by Gasteiger charge is 2.43. The van der Waals surface area contributed by atoms with E-state index in [4.69, 9.17) is 9.88 Å². The average Bonchev–Trinajstić information content (AvgIpc) is 3.44. The summed E-state index contributed by atoms with van der Waals surface area (Å²) in [5, 5.41) is 13.3. The number of hydrogen-bond acceptors (Lipinski definition) is 4. The number of carbonyl (C=O) groups excluding carboxylic acids is 1. The molecule has 1 fully saturated rings. The van der Waals surface area contributed by atoms with Gasteiger partial charge in [-0.25, -0.2) is 18.8 Å². The Morgan fingerprint density at radius 2 is 1.87 bits per heavy atom. The van der Waals surface area contributed by atoms with Crippen LogP contribution in [-0.2, 0) is 42.1 Å². The second-order valence-corrected chi connectivity index (χ2v) is 11.2. The second kappa shape index (κ2) is 6.80. The van der Waals surface area contributed by atoms with E-state index in [2.05, 4.69) is 20.8 Å². The molecule has 6 rings (SSSR count). The lowest BCUT2D eigenvalue weighted by Gasteiger charge is -2.44. The summed E-state index contributed by atoms with van der Waals surface area (Å²) in [6, 6.07) is 1.63. The molecule has 9 heteroatoms. The fraction of sp³-hybridized carbons (Fsp3) is 0.545. The number of nitrogens with two attached hydrogens (primary N) is 1. The van der Waals surface area contributed by atoms with Gasteiger partial charge in [0.15, 0.2) is 9.92 Å². The highest BCUT2D eigenvalue weighted by atomic mass is 32.2. The maximum absolute atomic E-state index is 13.3. The van der Waals surface area contributed by atoms with Gasteiger partial charge in [0.25, 0.3) is 0 Å². The number of aryl methyl sites for hydroxylation is 2. The monoisotopic (exact) mass is 441 g/mol. The first-order chi connectivity index (χ1) is 14.9. The zero-order chi connectivity index (χ0) is 21.2. The molecule has 3 N–H and O–H groups in total. The van der Waals surface area contributed by atoms with Gasteiger partial charge in [0.2, 0.25) is 5.88 Å². The molecular weight excluding hydrogens is 414 g/mol. The van der Waals surface area contributed by atoms with Crippen LogP contribution in [0.5, 0.6) is 5.88 Å². The van der Waals surface area contributed by atoms with Gasteiger partial charge in [0.1, 0.15) is 4.90 Å². The summed E-state index contributed by atoms with van der Waals surface area (Å²) in [7, 11) is -3.48. The van der Waals surface area contributed by atoms with E-state index in [-0.39, 0.29) is 10.3 Å². The van der Waals surface area contributed by atoms with Crippen molar-refractivity contribution in [1.82, 2.24) is 9.78 Å². The molecule has 1 aromatic heterocycles. The van der Waals surface area contributed by atoms with Crippen molar-refractivity contribution in [2.45, 2.75) is 69.2 Å². The van der Waals surface area contributed by atoms with E-state index in [0.717, 1.165) is 63.6 Å². The van der Waals surface area contributed by atoms with Crippen LogP contribution in [0.1, 0.15) is 54.4 Å². The summed E-state index contributed by atoms with van der Waals surface area (Å²) >= 11 is 0. The molecule has 31 heavy (non-hydrogen) atoms. The molecule has 164 valence electrons. The van der Waals surface area contributed by atoms with E-state index in [0.29, 0.717) is 12.5 Å². The van der Waals surface area contributed by atoms with Crippen molar-refractivity contribution in [3.8, 4) is 5.88 Å². The van der Waals surface area contributed by atoms with Crippen LogP contribution in [0.25, 0.3) is 0 Å². The molecule has 2 aromatic rings. The Kier molecular flexibility index (Phi) is 4.24. The van der Waals surface area contributed by atoms with Gasteiger partial charge in [0, 0.05) is 11.1 Å². The number of hydrogen-bond donors (Lipinski definition) is 2. The molecule has 0 radical (unpaired) electrons. The normalized spacial score (nSPS) is 22.0. The van der Waals surface area contributed by atoms with Crippen molar-refractivity contribution in [2.24, 2.45) is 14.9 Å². The molecule has 1 unspecified atom stereocenters. The van der Waals surface area contributed by atoms with E-state index in [1.807, 2.05) is 0 Å². The number of nitrogens with one attached hydrogen (secondary N) is 1. The number of fused-ring (bicyclic) bond motifs is 3. The fourth-order valence-electron chi connectivity index (χ4n) is 5.65. The Labute approximate surface area is 181 Å². The summed E-state index contributed by atoms with van der Waals surface area (Å²) in [4.78, 5) is 13.0. The van der Waals surface area contributed by atoms with Crippen LogP contribution in [0.4, 0.5) is 10.5 Å². The molecule has 0 bridgehead atoms. The van der Waals surface area contributed by atoms with E-state index in [1.54, 1.807) is 4.68 Å². The molecule has 8 nitrogen and oxygen atoms in total. The predicted octanol–water partition coefficient (Wildman–Crippen LogP) is 3.36. The van der Waals surface area contributed by atoms with Crippen LogP contribution < -0.4 is 15.2 Å². The lowest BCUT2D eigenvalue weighted by atomic mass is 9.69. The highest BCUT2D eigenvalue weighted by Crippen LogP contribution is 2.46. The van der Waals surface area contributed by atoms with Crippen molar-refractivity contribution in [2.75, 3.05) is 11.9 Å². The summed E-state index contributed by atoms with van der Waals surface area (Å²) < 4.78 is 24.8. The Morgan fingerprint density at radius 3 is 2.52 bits per heavy atom. The lowest BCUT2D eigenvalue weighted by Crippen LogP contribution is -2.43. The van der Waals surface area contributed by atoms with Gasteiger partial charge in [-0.1, -0.05) is 12.5 Å². The van der Waals surface area contributed by atoms with Crippen LogP contribution in [-0.4, -0.2) is 26.6 Å². The summed E-state index contributed by atoms with van der Waals surface area (Å²) in [6.45, 7) is 1.29. The smallest absolute Gasteiger partial charge is 0.354 e. The van der Waals surface area contributed by atoms with Crippen LogP contribution in [0.2, 0.25) is 0 Å². The molecule has 2 amide bonds. The van der Waals surface area contributed by atoms with Crippen molar-refractivity contribution >= 4 is 21.6 Å². The quantitative estimate of drug-likeness (QED) is 0.744. The molecule has 1 aliphatic heterocycles. The number of rotatable bonds is 2. The first-order valence-electron chi connectivity index (χ1n) is 11.2. The molecule has 3 aliphatic carbocycles. The maximum atomic E-state index is 13.3. The third-order valence-corrected chi connectivity index (χ3v) is 8.76. The van der Waals surface area contributed by atoms with Crippen molar-refractivity contribution in [3.05, 3.63) is 34.5 Å². The van der Waals surface area contributed by atoms with E-state index in [9.17, 15) is 9.00 Å². The van der Waals surface area contributed by atoms with Crippen LogP contribution in [0, 0.1) is 5.41 Å². The predicted molar refractivity (Wildman–Crippen MR) is 117 cm³/mol. The van der Waals surface area contributed by atoms with E-state index >= 15 is 0 Å². The first kappa shape index (κ1) is 19.3. The van der Waals surface area contributed by atoms with Gasteiger partial charge >= 0.3 is 6.03 Å². The topological polar surface area (TPSA) is 112 Å². The molecule has 4 aliphatic rings. The fourth-order valence-corrected chi connectivity index (χ4v) is 6.65. The van der Waals surface area contributed by atoms with Crippen LogP contribution in [0.3, 0.4) is 0 Å². The second-order valence-electron chi connectivity index (χ2n) is 9.44. The number of anilines is 1. The molecule has 1 atom stereocenters. The van der Waals surface area contributed by atoms with Crippen molar-refractivity contribution in [3.63, 3.8) is 0 Å². The Morgan fingerprint density at radius 1 is 1.16 bits per heavy atom. The Bertz CT molecular complexity index is 1190. The largest absolute Gasteiger partial charge is 0.476 e. The van der Waals surface area contributed by atoms with Crippen LogP contribution >= 0.6 is 0 Å². The number of nitrogens with zero attached hydrogens (tertiary/aromatic N) is 3. The van der Waals surface area contributed by atoms with Gasteiger partial charge in [0.05, 0.1) is 19.3 Å². The van der Waals surface area contributed by atoms with Gasteiger partial charge in [-0.3, -0.25) is 0 Å². The number of benzene rings is 1. The Balaban J connectivity index is 1.30. The number of ether oxygens (including phenoxy) is 1. The summed E-state index contributed by atoms with van der Waals surface area (Å²) in [5.41, 5.74) is 6.03. The number of urea groups is 1. The molecule has 2 heterocycles. The third-order valence-electron chi connectivity index (χ3n) is 7.41. The molecular formula is C22H27N5O3S. The summed E-state index contributed by atoms with van der Waals surface area (Å²) in [6.07, 6.45) is 11.0. The average molecular weight is 442 g/mol. The van der Waals surface area contributed by atoms with Gasteiger partial charge in [-0.15, -0.1) is 4.36 Å². The number of amides is 2. The van der Waals surface area contributed by atoms with Crippen molar-refractivity contribution in [1.29, 1.82) is 0 Å². The number of carbonyl (C=O) groups is 1. The standard InChI is InChI=1S/C22H27N5O3S/c23-31(29,18-11-24-27-12-22(8-3-9-22)13-30-20(18)27)26-21(28)25-19-16-6-1-4-14(16)10-15-5-2-7-17(15)19/h10-11H,1-9,12-13H2,(H3,23,25,26,28,29). The summed E-state index contributed by atoms with van der Waals surface area (Å²) in [5.74, 6) is 0.378. The van der Waals surface area contributed by atoms with E-state index in [1.165, 1.54) is 34.9 Å². The van der Waals surface area contributed by atoms with E-state index < -0.39 is 15.9 Å². The maximum Gasteiger partial charge on any atom is 0.354 e. The lowest BCUT2D eigenvalue weighted by molar-refractivity contribution is 0.000132. The Hall–Kier alpha value is -2.39. The highest BCUT2D eigenvalue weighted by molar-refractivity contribution is 7.91. The van der Waals surface area contributed by atoms with Gasteiger partial charge in [-0.2, -0.15) is 5.10 Å². The minimum Gasteiger partial charge on any atom is -0.476 e. The minimum atomic E-state index is -3.48. The third kappa shape index (κ3) is 3.09. The molecule has 1 spiro atoms.